The standard InChI is InChI=1S/C8H8N2O2/c1-5-3-6-7(9-4-5)12-8(11)10(6)2/h3-4H,1-2H3. The maximum atomic E-state index is 11.0. The van der Waals surface area contributed by atoms with E-state index in [2.05, 4.69) is 4.98 Å². The van der Waals surface area contributed by atoms with Crippen molar-refractivity contribution in [3.8, 4) is 0 Å². The summed E-state index contributed by atoms with van der Waals surface area (Å²) in [5.41, 5.74) is 2.15. The van der Waals surface area contributed by atoms with Gasteiger partial charge in [0.1, 0.15) is 5.52 Å². The Morgan fingerprint density at radius 3 is 3.08 bits per heavy atom. The summed E-state index contributed by atoms with van der Waals surface area (Å²) in [6.45, 7) is 1.92. The molecule has 0 bridgehead atoms. The second-order valence-corrected chi connectivity index (χ2v) is 2.76. The van der Waals surface area contributed by atoms with Crippen LogP contribution in [-0.2, 0) is 7.05 Å². The zero-order chi connectivity index (χ0) is 8.72. The van der Waals surface area contributed by atoms with Crippen molar-refractivity contribution >= 4 is 11.2 Å². The Balaban J connectivity index is 2.98. The lowest BCUT2D eigenvalue weighted by Gasteiger charge is -1.91. The fourth-order valence-electron chi connectivity index (χ4n) is 1.11. The predicted octanol–water partition coefficient (Wildman–Crippen LogP) is 0.835. The molecule has 4 heteroatoms. The van der Waals surface area contributed by atoms with E-state index in [0.717, 1.165) is 11.1 Å². The maximum Gasteiger partial charge on any atom is 0.421 e. The molecule has 0 spiro atoms. The minimum Gasteiger partial charge on any atom is -0.389 e. The fourth-order valence-corrected chi connectivity index (χ4v) is 1.11. The van der Waals surface area contributed by atoms with Gasteiger partial charge in [-0.25, -0.2) is 9.78 Å². The van der Waals surface area contributed by atoms with Gasteiger partial charge in [0.15, 0.2) is 0 Å². The zero-order valence-electron chi connectivity index (χ0n) is 6.87. The summed E-state index contributed by atoms with van der Waals surface area (Å²) in [6.07, 6.45) is 1.67. The second kappa shape index (κ2) is 2.20. The molecule has 62 valence electrons. The highest BCUT2D eigenvalue weighted by atomic mass is 16.4. The van der Waals surface area contributed by atoms with Crippen LogP contribution in [0.1, 0.15) is 5.56 Å². The Morgan fingerprint density at radius 1 is 1.58 bits per heavy atom. The Hall–Kier alpha value is -1.58. The average Bonchev–Trinajstić information content (AvgIpc) is 2.31. The Morgan fingerprint density at radius 2 is 2.33 bits per heavy atom. The average molecular weight is 164 g/mol. The van der Waals surface area contributed by atoms with E-state index in [-0.39, 0.29) is 5.76 Å². The summed E-state index contributed by atoms with van der Waals surface area (Å²) in [5.74, 6) is -0.372. The topological polar surface area (TPSA) is 48.0 Å². The first kappa shape index (κ1) is 7.09. The van der Waals surface area contributed by atoms with Crippen LogP contribution in [-0.4, -0.2) is 9.55 Å². The Labute approximate surface area is 68.4 Å². The molecule has 0 saturated heterocycles. The van der Waals surface area contributed by atoms with E-state index in [4.69, 9.17) is 4.42 Å². The molecule has 0 fully saturated rings. The van der Waals surface area contributed by atoms with Crippen LogP contribution in [0.4, 0.5) is 0 Å². The van der Waals surface area contributed by atoms with Crippen molar-refractivity contribution in [2.75, 3.05) is 0 Å². The molecule has 2 aromatic rings. The maximum absolute atomic E-state index is 11.0. The third kappa shape index (κ3) is 0.845. The molecule has 12 heavy (non-hydrogen) atoms. The van der Waals surface area contributed by atoms with Gasteiger partial charge >= 0.3 is 5.76 Å². The minimum atomic E-state index is -0.372. The van der Waals surface area contributed by atoms with Crippen molar-refractivity contribution in [1.29, 1.82) is 0 Å². The molecule has 0 unspecified atom stereocenters. The summed E-state index contributed by atoms with van der Waals surface area (Å²) in [6, 6.07) is 1.87. The summed E-state index contributed by atoms with van der Waals surface area (Å²) in [7, 11) is 1.66. The molecule has 4 nitrogen and oxygen atoms in total. The number of pyridine rings is 1. The number of nitrogens with zero attached hydrogens (tertiary/aromatic N) is 2. The predicted molar refractivity (Wildman–Crippen MR) is 44.0 cm³/mol. The highest BCUT2D eigenvalue weighted by Crippen LogP contribution is 2.09. The molecule has 2 heterocycles. The van der Waals surface area contributed by atoms with Crippen molar-refractivity contribution in [3.63, 3.8) is 0 Å². The molecule has 0 N–H and O–H groups in total. The summed E-state index contributed by atoms with van der Waals surface area (Å²) < 4.78 is 6.29. The number of aromatic nitrogens is 2. The quantitative estimate of drug-likeness (QED) is 0.579. The van der Waals surface area contributed by atoms with E-state index >= 15 is 0 Å². The van der Waals surface area contributed by atoms with E-state index in [1.54, 1.807) is 13.2 Å². The molecule has 0 aliphatic heterocycles. The normalized spacial score (nSPS) is 10.8. The van der Waals surface area contributed by atoms with E-state index in [1.165, 1.54) is 4.57 Å². The number of hydrogen-bond acceptors (Lipinski definition) is 3. The first-order chi connectivity index (χ1) is 5.68. The third-order valence-electron chi connectivity index (χ3n) is 1.79. The number of rotatable bonds is 0. The van der Waals surface area contributed by atoms with Gasteiger partial charge < -0.3 is 4.42 Å². The van der Waals surface area contributed by atoms with Gasteiger partial charge in [-0.15, -0.1) is 0 Å². The lowest BCUT2D eigenvalue weighted by atomic mass is 10.3. The lowest BCUT2D eigenvalue weighted by Crippen LogP contribution is -2.08. The molecular weight excluding hydrogens is 156 g/mol. The van der Waals surface area contributed by atoms with Crippen LogP contribution in [0.5, 0.6) is 0 Å². The summed E-state index contributed by atoms with van der Waals surface area (Å²) >= 11 is 0. The van der Waals surface area contributed by atoms with E-state index in [1.807, 2.05) is 13.0 Å². The van der Waals surface area contributed by atoms with Gasteiger partial charge in [-0.3, -0.25) is 4.57 Å². The fraction of sp³-hybridized carbons (Fsp3) is 0.250. The molecule has 0 aromatic carbocycles. The van der Waals surface area contributed by atoms with Crippen LogP contribution < -0.4 is 5.76 Å². The first-order valence-electron chi connectivity index (χ1n) is 3.60. The minimum absolute atomic E-state index is 0.372. The smallest absolute Gasteiger partial charge is 0.389 e. The molecule has 2 rings (SSSR count). The molecule has 0 radical (unpaired) electrons. The molecule has 0 aliphatic carbocycles. The van der Waals surface area contributed by atoms with E-state index < -0.39 is 0 Å². The number of hydrogen-bond donors (Lipinski definition) is 0. The molecule has 0 atom stereocenters. The van der Waals surface area contributed by atoms with Gasteiger partial charge in [0, 0.05) is 13.2 Å². The largest absolute Gasteiger partial charge is 0.421 e. The van der Waals surface area contributed by atoms with Crippen molar-refractivity contribution in [3.05, 3.63) is 28.4 Å². The highest BCUT2D eigenvalue weighted by molar-refractivity contribution is 5.68. The summed E-state index contributed by atoms with van der Waals surface area (Å²) in [5, 5.41) is 0. The van der Waals surface area contributed by atoms with Crippen molar-refractivity contribution in [2.45, 2.75) is 6.92 Å². The van der Waals surface area contributed by atoms with Gasteiger partial charge in [0.25, 0.3) is 0 Å². The van der Waals surface area contributed by atoms with E-state index in [9.17, 15) is 4.79 Å². The molecule has 0 saturated carbocycles. The SMILES string of the molecule is Cc1cnc2oc(=O)n(C)c2c1. The summed E-state index contributed by atoms with van der Waals surface area (Å²) in [4.78, 5) is 15.0. The third-order valence-corrected chi connectivity index (χ3v) is 1.79. The van der Waals surface area contributed by atoms with Crippen LogP contribution in [0, 0.1) is 6.92 Å². The van der Waals surface area contributed by atoms with Gasteiger partial charge in [0.05, 0.1) is 0 Å². The lowest BCUT2D eigenvalue weighted by molar-refractivity contribution is 0.520. The van der Waals surface area contributed by atoms with Gasteiger partial charge in [-0.05, 0) is 18.6 Å². The zero-order valence-corrected chi connectivity index (χ0v) is 6.87. The highest BCUT2D eigenvalue weighted by Gasteiger charge is 2.05. The van der Waals surface area contributed by atoms with Gasteiger partial charge in [0.2, 0.25) is 5.71 Å². The Bertz CT molecular complexity index is 481. The van der Waals surface area contributed by atoms with Crippen LogP contribution in [0.15, 0.2) is 21.5 Å². The molecule has 2 aromatic heterocycles. The molecule has 0 aliphatic rings. The van der Waals surface area contributed by atoms with Crippen LogP contribution >= 0.6 is 0 Å². The number of fused-ring (bicyclic) bond motifs is 1. The van der Waals surface area contributed by atoms with Crippen molar-refractivity contribution in [1.82, 2.24) is 9.55 Å². The second-order valence-electron chi connectivity index (χ2n) is 2.76. The number of oxazole rings is 1. The Kier molecular flexibility index (Phi) is 1.30. The van der Waals surface area contributed by atoms with Gasteiger partial charge in [-0.1, -0.05) is 0 Å². The monoisotopic (exact) mass is 164 g/mol. The van der Waals surface area contributed by atoms with Gasteiger partial charge in [-0.2, -0.15) is 0 Å². The van der Waals surface area contributed by atoms with Crippen molar-refractivity contribution in [2.24, 2.45) is 7.05 Å². The first-order valence-corrected chi connectivity index (χ1v) is 3.60. The van der Waals surface area contributed by atoms with Crippen LogP contribution in [0.25, 0.3) is 11.2 Å². The van der Waals surface area contributed by atoms with Crippen LogP contribution in [0.2, 0.25) is 0 Å². The molecule has 0 amide bonds. The number of aryl methyl sites for hydroxylation is 2. The van der Waals surface area contributed by atoms with Crippen molar-refractivity contribution < 1.29 is 4.42 Å². The van der Waals surface area contributed by atoms with Crippen LogP contribution in [0.3, 0.4) is 0 Å². The molecular formula is C8H8N2O2. The van der Waals surface area contributed by atoms with E-state index in [0.29, 0.717) is 5.71 Å².